The van der Waals surface area contributed by atoms with Gasteiger partial charge in [-0.1, -0.05) is 74.5 Å². The van der Waals surface area contributed by atoms with Gasteiger partial charge in [-0.25, -0.2) is 4.79 Å². The summed E-state index contributed by atoms with van der Waals surface area (Å²) >= 11 is 0. The van der Waals surface area contributed by atoms with E-state index in [-0.39, 0.29) is 18.5 Å². The van der Waals surface area contributed by atoms with E-state index in [1.807, 2.05) is 74.5 Å². The summed E-state index contributed by atoms with van der Waals surface area (Å²) in [5, 5.41) is 0. The summed E-state index contributed by atoms with van der Waals surface area (Å²) in [5.74, 6) is -0.248. The summed E-state index contributed by atoms with van der Waals surface area (Å²) in [5.41, 5.74) is 2.02. The number of ether oxygens (including phenoxy) is 2. The second-order valence-electron chi connectivity index (χ2n) is 5.55. The normalized spacial score (nSPS) is 12.1. The van der Waals surface area contributed by atoms with Gasteiger partial charge in [0.05, 0.1) is 6.61 Å². The minimum absolute atomic E-state index is 0.0620. The molecule has 0 bridgehead atoms. The van der Waals surface area contributed by atoms with Crippen molar-refractivity contribution in [1.82, 2.24) is 0 Å². The lowest BCUT2D eigenvalue weighted by atomic mass is 10.1. The lowest BCUT2D eigenvalue weighted by Gasteiger charge is -2.20. The molecule has 0 fully saturated rings. The minimum atomic E-state index is -0.552. The van der Waals surface area contributed by atoms with Crippen molar-refractivity contribution in [3.05, 3.63) is 71.8 Å². The van der Waals surface area contributed by atoms with Crippen LogP contribution in [0.25, 0.3) is 0 Å². The van der Waals surface area contributed by atoms with E-state index in [0.717, 1.165) is 11.1 Å². The Kier molecular flexibility index (Phi) is 6.16. The SMILES string of the molecule is CC(C)C(OCc1ccccc1)C(=O)OCc1ccccc1. The van der Waals surface area contributed by atoms with Gasteiger partial charge >= 0.3 is 5.97 Å². The maximum atomic E-state index is 12.2. The van der Waals surface area contributed by atoms with Crippen LogP contribution in [0, 0.1) is 5.92 Å². The molecule has 0 aliphatic carbocycles. The molecule has 2 rings (SSSR count). The molecule has 22 heavy (non-hydrogen) atoms. The van der Waals surface area contributed by atoms with E-state index >= 15 is 0 Å². The third-order valence-corrected chi connectivity index (χ3v) is 3.33. The summed E-state index contributed by atoms with van der Waals surface area (Å²) in [7, 11) is 0. The highest BCUT2D eigenvalue weighted by Crippen LogP contribution is 2.13. The van der Waals surface area contributed by atoms with Crippen LogP contribution < -0.4 is 0 Å². The molecule has 1 atom stereocenters. The first kappa shape index (κ1) is 16.2. The van der Waals surface area contributed by atoms with Crippen LogP contribution in [-0.4, -0.2) is 12.1 Å². The Hall–Kier alpha value is -2.13. The predicted molar refractivity (Wildman–Crippen MR) is 86.1 cm³/mol. The molecule has 0 aliphatic heterocycles. The van der Waals surface area contributed by atoms with Crippen LogP contribution in [-0.2, 0) is 27.5 Å². The van der Waals surface area contributed by atoms with E-state index < -0.39 is 6.10 Å². The first-order chi connectivity index (χ1) is 10.7. The highest BCUT2D eigenvalue weighted by Gasteiger charge is 2.24. The molecule has 3 nitrogen and oxygen atoms in total. The molecule has 0 radical (unpaired) electrons. The number of rotatable bonds is 7. The average Bonchev–Trinajstić information content (AvgIpc) is 2.55. The predicted octanol–water partition coefficient (Wildman–Crippen LogP) is 3.97. The first-order valence-corrected chi connectivity index (χ1v) is 7.53. The van der Waals surface area contributed by atoms with Gasteiger partial charge in [-0.2, -0.15) is 0 Å². The molecule has 0 N–H and O–H groups in total. The van der Waals surface area contributed by atoms with Crippen molar-refractivity contribution in [2.45, 2.75) is 33.2 Å². The number of carbonyl (C=O) groups is 1. The van der Waals surface area contributed by atoms with Crippen LogP contribution in [0.3, 0.4) is 0 Å². The van der Waals surface area contributed by atoms with Gasteiger partial charge in [0, 0.05) is 0 Å². The van der Waals surface area contributed by atoms with Gasteiger partial charge in [0.2, 0.25) is 0 Å². The van der Waals surface area contributed by atoms with Crippen molar-refractivity contribution >= 4 is 5.97 Å². The maximum absolute atomic E-state index is 12.2. The third kappa shape index (κ3) is 5.01. The molecule has 0 saturated heterocycles. The molecule has 116 valence electrons. The average molecular weight is 298 g/mol. The molecule has 0 aromatic heterocycles. The summed E-state index contributed by atoms with van der Waals surface area (Å²) in [4.78, 5) is 12.2. The molecule has 3 heteroatoms. The Labute approximate surface area is 131 Å². The summed E-state index contributed by atoms with van der Waals surface area (Å²) in [6.07, 6.45) is -0.552. The fraction of sp³-hybridized carbons (Fsp3) is 0.316. The van der Waals surface area contributed by atoms with Crippen LogP contribution in [0.1, 0.15) is 25.0 Å². The van der Waals surface area contributed by atoms with Crippen molar-refractivity contribution in [2.24, 2.45) is 5.92 Å². The Morgan fingerprint density at radius 3 is 1.86 bits per heavy atom. The summed E-state index contributed by atoms with van der Waals surface area (Å²) in [6, 6.07) is 19.5. The third-order valence-electron chi connectivity index (χ3n) is 3.33. The molecule has 2 aromatic carbocycles. The van der Waals surface area contributed by atoms with Crippen LogP contribution in [0.4, 0.5) is 0 Å². The molecule has 0 heterocycles. The quantitative estimate of drug-likeness (QED) is 0.726. The van der Waals surface area contributed by atoms with Gasteiger partial charge in [0.15, 0.2) is 6.10 Å². The van der Waals surface area contributed by atoms with E-state index in [9.17, 15) is 4.79 Å². The molecule has 0 spiro atoms. The molecule has 0 amide bonds. The summed E-state index contributed by atoms with van der Waals surface area (Å²) < 4.78 is 11.1. The number of carbonyl (C=O) groups excluding carboxylic acids is 1. The van der Waals surface area contributed by atoms with Gasteiger partial charge in [-0.15, -0.1) is 0 Å². The van der Waals surface area contributed by atoms with E-state index in [2.05, 4.69) is 0 Å². The van der Waals surface area contributed by atoms with Crippen molar-refractivity contribution in [2.75, 3.05) is 0 Å². The van der Waals surface area contributed by atoms with Gasteiger partial charge < -0.3 is 9.47 Å². The Morgan fingerprint density at radius 1 is 0.864 bits per heavy atom. The van der Waals surface area contributed by atoms with Gasteiger partial charge in [0.1, 0.15) is 6.61 Å². The zero-order valence-corrected chi connectivity index (χ0v) is 13.1. The molecule has 0 aliphatic rings. The minimum Gasteiger partial charge on any atom is -0.459 e. The van der Waals surface area contributed by atoms with E-state index in [1.54, 1.807) is 0 Å². The lowest BCUT2D eigenvalue weighted by Crippen LogP contribution is -2.31. The fourth-order valence-corrected chi connectivity index (χ4v) is 2.10. The van der Waals surface area contributed by atoms with Crippen LogP contribution in [0.15, 0.2) is 60.7 Å². The monoisotopic (exact) mass is 298 g/mol. The molecule has 2 aromatic rings. The highest BCUT2D eigenvalue weighted by atomic mass is 16.6. The van der Waals surface area contributed by atoms with Crippen LogP contribution in [0.2, 0.25) is 0 Å². The maximum Gasteiger partial charge on any atom is 0.335 e. The molecular weight excluding hydrogens is 276 g/mol. The Balaban J connectivity index is 1.88. The summed E-state index contributed by atoms with van der Waals surface area (Å²) in [6.45, 7) is 4.60. The van der Waals surface area contributed by atoms with Crippen LogP contribution in [0.5, 0.6) is 0 Å². The fourth-order valence-electron chi connectivity index (χ4n) is 2.10. The van der Waals surface area contributed by atoms with Gasteiger partial charge in [-0.05, 0) is 17.0 Å². The Bertz CT molecular complexity index is 564. The zero-order chi connectivity index (χ0) is 15.8. The second kappa shape index (κ2) is 8.35. The van der Waals surface area contributed by atoms with Crippen molar-refractivity contribution in [3.63, 3.8) is 0 Å². The molecule has 0 saturated carbocycles. The van der Waals surface area contributed by atoms with Crippen molar-refractivity contribution in [1.29, 1.82) is 0 Å². The highest BCUT2D eigenvalue weighted by molar-refractivity contribution is 5.75. The largest absolute Gasteiger partial charge is 0.459 e. The van der Waals surface area contributed by atoms with Crippen molar-refractivity contribution in [3.8, 4) is 0 Å². The van der Waals surface area contributed by atoms with E-state index in [4.69, 9.17) is 9.47 Å². The smallest absolute Gasteiger partial charge is 0.335 e. The van der Waals surface area contributed by atoms with Crippen LogP contribution >= 0.6 is 0 Å². The van der Waals surface area contributed by atoms with Crippen molar-refractivity contribution < 1.29 is 14.3 Å². The first-order valence-electron chi connectivity index (χ1n) is 7.53. The Morgan fingerprint density at radius 2 is 1.36 bits per heavy atom. The molecular formula is C19H22O3. The topological polar surface area (TPSA) is 35.5 Å². The number of hydrogen-bond donors (Lipinski definition) is 0. The number of hydrogen-bond acceptors (Lipinski definition) is 3. The van der Waals surface area contributed by atoms with Gasteiger partial charge in [-0.3, -0.25) is 0 Å². The number of benzene rings is 2. The second-order valence-corrected chi connectivity index (χ2v) is 5.55. The van der Waals surface area contributed by atoms with Gasteiger partial charge in [0.25, 0.3) is 0 Å². The molecule has 1 unspecified atom stereocenters. The van der Waals surface area contributed by atoms with E-state index in [0.29, 0.717) is 6.61 Å². The number of esters is 1. The van der Waals surface area contributed by atoms with E-state index in [1.165, 1.54) is 0 Å². The lowest BCUT2D eigenvalue weighted by molar-refractivity contribution is -0.162. The standard InChI is InChI=1S/C19H22O3/c1-15(2)18(21-13-16-9-5-3-6-10-16)19(20)22-14-17-11-7-4-8-12-17/h3-12,15,18H,13-14H2,1-2H3. The zero-order valence-electron chi connectivity index (χ0n) is 13.1.